The zero-order valence-corrected chi connectivity index (χ0v) is 16.4. The van der Waals surface area contributed by atoms with Crippen molar-refractivity contribution in [1.29, 1.82) is 0 Å². The van der Waals surface area contributed by atoms with Crippen molar-refractivity contribution in [2.75, 3.05) is 19.7 Å². The maximum absolute atomic E-state index is 13.1. The van der Waals surface area contributed by atoms with Crippen molar-refractivity contribution < 1.29 is 19.0 Å². The Balaban J connectivity index is 1.29. The van der Waals surface area contributed by atoms with E-state index < -0.39 is 6.10 Å². The highest BCUT2D eigenvalue weighted by molar-refractivity contribution is 5.94. The molecule has 8 heteroatoms. The SMILES string of the molecule is O=C(c1ccc(OCC(O)Cn2ccnn2)cc1)N1CC[C@H](c2ccc(F)cc2)C1. The van der Waals surface area contributed by atoms with Gasteiger partial charge >= 0.3 is 0 Å². The molecule has 1 saturated heterocycles. The fourth-order valence-corrected chi connectivity index (χ4v) is 3.62. The minimum atomic E-state index is -0.721. The number of amides is 1. The fourth-order valence-electron chi connectivity index (χ4n) is 3.62. The third-order valence-corrected chi connectivity index (χ3v) is 5.23. The first-order valence-corrected chi connectivity index (χ1v) is 9.88. The van der Waals surface area contributed by atoms with E-state index in [4.69, 9.17) is 4.74 Å². The third-order valence-electron chi connectivity index (χ3n) is 5.23. The second kappa shape index (κ2) is 9.04. The smallest absolute Gasteiger partial charge is 0.253 e. The van der Waals surface area contributed by atoms with E-state index >= 15 is 0 Å². The molecule has 1 unspecified atom stereocenters. The third kappa shape index (κ3) is 4.83. The van der Waals surface area contributed by atoms with Crippen LogP contribution in [-0.4, -0.2) is 56.7 Å². The van der Waals surface area contributed by atoms with Gasteiger partial charge in [-0.05, 0) is 48.4 Å². The summed E-state index contributed by atoms with van der Waals surface area (Å²) in [6, 6.07) is 13.4. The second-order valence-corrected chi connectivity index (χ2v) is 7.40. The molecular formula is C22H23FN4O3. The number of rotatable bonds is 7. The zero-order valence-electron chi connectivity index (χ0n) is 16.4. The van der Waals surface area contributed by atoms with Crippen LogP contribution < -0.4 is 4.74 Å². The van der Waals surface area contributed by atoms with Crippen molar-refractivity contribution in [3.63, 3.8) is 0 Å². The van der Waals surface area contributed by atoms with Crippen LogP contribution in [0.5, 0.6) is 5.75 Å². The van der Waals surface area contributed by atoms with Crippen LogP contribution in [0.4, 0.5) is 4.39 Å². The highest BCUT2D eigenvalue weighted by atomic mass is 19.1. The van der Waals surface area contributed by atoms with Gasteiger partial charge in [0.15, 0.2) is 0 Å². The summed E-state index contributed by atoms with van der Waals surface area (Å²) in [5.41, 5.74) is 1.64. The number of carbonyl (C=O) groups is 1. The Labute approximate surface area is 173 Å². The fraction of sp³-hybridized carbons (Fsp3) is 0.318. The molecule has 0 saturated carbocycles. The molecule has 1 aliphatic heterocycles. The van der Waals surface area contributed by atoms with Gasteiger partial charge < -0.3 is 14.7 Å². The molecule has 1 amide bonds. The Morgan fingerprint density at radius 2 is 1.97 bits per heavy atom. The van der Waals surface area contributed by atoms with E-state index in [9.17, 15) is 14.3 Å². The number of benzene rings is 2. The first-order chi connectivity index (χ1) is 14.6. The van der Waals surface area contributed by atoms with Crippen LogP contribution in [0, 0.1) is 5.82 Å². The van der Waals surface area contributed by atoms with Gasteiger partial charge in [0.1, 0.15) is 24.3 Å². The lowest BCUT2D eigenvalue weighted by molar-refractivity contribution is 0.0789. The Morgan fingerprint density at radius 1 is 1.20 bits per heavy atom. The van der Waals surface area contributed by atoms with Gasteiger partial charge in [-0.3, -0.25) is 4.79 Å². The number of halogens is 1. The first-order valence-electron chi connectivity index (χ1n) is 9.88. The van der Waals surface area contributed by atoms with Crippen molar-refractivity contribution in [1.82, 2.24) is 19.9 Å². The molecule has 0 spiro atoms. The predicted molar refractivity (Wildman–Crippen MR) is 108 cm³/mol. The molecule has 0 aliphatic carbocycles. The summed E-state index contributed by atoms with van der Waals surface area (Å²) in [5, 5.41) is 17.5. The van der Waals surface area contributed by atoms with E-state index in [1.165, 1.54) is 16.8 Å². The Kier molecular flexibility index (Phi) is 6.04. The molecule has 1 fully saturated rings. The van der Waals surface area contributed by atoms with Gasteiger partial charge in [0.05, 0.1) is 12.7 Å². The molecular weight excluding hydrogens is 387 g/mol. The molecule has 4 rings (SSSR count). The van der Waals surface area contributed by atoms with E-state index in [1.54, 1.807) is 48.8 Å². The maximum Gasteiger partial charge on any atom is 0.253 e. The number of aromatic nitrogens is 3. The number of nitrogens with zero attached hydrogens (tertiary/aromatic N) is 4. The lowest BCUT2D eigenvalue weighted by Crippen LogP contribution is -2.28. The average molecular weight is 410 g/mol. The van der Waals surface area contributed by atoms with Gasteiger partial charge in [-0.25, -0.2) is 9.07 Å². The molecule has 30 heavy (non-hydrogen) atoms. The van der Waals surface area contributed by atoms with E-state index in [-0.39, 0.29) is 24.2 Å². The molecule has 2 heterocycles. The van der Waals surface area contributed by atoms with Crippen LogP contribution in [0.3, 0.4) is 0 Å². The second-order valence-electron chi connectivity index (χ2n) is 7.40. The van der Waals surface area contributed by atoms with Gasteiger partial charge in [-0.1, -0.05) is 17.3 Å². The number of carbonyl (C=O) groups excluding carboxylic acids is 1. The first kappa shape index (κ1) is 20.0. The van der Waals surface area contributed by atoms with E-state index in [1.807, 2.05) is 4.90 Å². The quantitative estimate of drug-likeness (QED) is 0.647. The molecule has 1 N–H and O–H groups in total. The van der Waals surface area contributed by atoms with Crippen LogP contribution in [-0.2, 0) is 6.54 Å². The lowest BCUT2D eigenvalue weighted by atomic mass is 9.99. The number of likely N-dealkylation sites (tertiary alicyclic amines) is 1. The summed E-state index contributed by atoms with van der Waals surface area (Å²) in [6.45, 7) is 1.70. The van der Waals surface area contributed by atoms with Gasteiger partial charge in [0, 0.05) is 30.8 Å². The van der Waals surface area contributed by atoms with Crippen molar-refractivity contribution >= 4 is 5.91 Å². The summed E-state index contributed by atoms with van der Waals surface area (Å²) in [4.78, 5) is 14.6. The van der Waals surface area contributed by atoms with E-state index in [2.05, 4.69) is 10.3 Å². The zero-order chi connectivity index (χ0) is 20.9. The molecule has 1 aromatic heterocycles. The maximum atomic E-state index is 13.1. The minimum Gasteiger partial charge on any atom is -0.491 e. The molecule has 0 radical (unpaired) electrons. The topological polar surface area (TPSA) is 80.5 Å². The molecule has 0 bridgehead atoms. The summed E-state index contributed by atoms with van der Waals surface area (Å²) in [7, 11) is 0. The van der Waals surface area contributed by atoms with Crippen molar-refractivity contribution in [2.45, 2.75) is 25.0 Å². The monoisotopic (exact) mass is 410 g/mol. The minimum absolute atomic E-state index is 0.0302. The molecule has 156 valence electrons. The van der Waals surface area contributed by atoms with Crippen LogP contribution in [0.25, 0.3) is 0 Å². The highest BCUT2D eigenvalue weighted by Crippen LogP contribution is 2.28. The predicted octanol–water partition coefficient (Wildman–Crippen LogP) is 2.49. The summed E-state index contributed by atoms with van der Waals surface area (Å²) in [5.74, 6) is 0.522. The standard InChI is InChI=1S/C22H23FN4O3/c23-19-5-1-16(2-6-19)18-9-11-26(13-18)22(29)17-3-7-21(8-4-17)30-15-20(28)14-27-12-10-24-25-27/h1-8,10,12,18,20,28H,9,11,13-15H2/t18-,20?/m0/s1. The normalized spacial score (nSPS) is 17.1. The van der Waals surface area contributed by atoms with Gasteiger partial charge in [0.2, 0.25) is 0 Å². The van der Waals surface area contributed by atoms with Crippen molar-refractivity contribution in [3.05, 3.63) is 77.9 Å². The van der Waals surface area contributed by atoms with Crippen molar-refractivity contribution in [2.24, 2.45) is 0 Å². The van der Waals surface area contributed by atoms with Crippen LogP contribution in [0.1, 0.15) is 28.3 Å². The Morgan fingerprint density at radius 3 is 2.67 bits per heavy atom. The van der Waals surface area contributed by atoms with Crippen molar-refractivity contribution in [3.8, 4) is 5.75 Å². The molecule has 3 aromatic rings. The lowest BCUT2D eigenvalue weighted by Gasteiger charge is -2.17. The summed E-state index contributed by atoms with van der Waals surface area (Å²) in [6.07, 6.45) is 3.36. The number of hydrogen-bond donors (Lipinski definition) is 1. The highest BCUT2D eigenvalue weighted by Gasteiger charge is 2.28. The largest absolute Gasteiger partial charge is 0.491 e. The van der Waals surface area contributed by atoms with Gasteiger partial charge in [0.25, 0.3) is 5.91 Å². The van der Waals surface area contributed by atoms with E-state index in [0.29, 0.717) is 30.9 Å². The Bertz CT molecular complexity index is 961. The van der Waals surface area contributed by atoms with Gasteiger partial charge in [-0.15, -0.1) is 5.10 Å². The molecule has 2 atom stereocenters. The average Bonchev–Trinajstić information content (AvgIpc) is 3.45. The van der Waals surface area contributed by atoms with Crippen LogP contribution in [0.15, 0.2) is 60.9 Å². The number of aliphatic hydroxyl groups excluding tert-OH is 1. The molecule has 1 aliphatic rings. The number of aliphatic hydroxyl groups is 1. The van der Waals surface area contributed by atoms with Crippen LogP contribution >= 0.6 is 0 Å². The number of ether oxygens (including phenoxy) is 1. The Hall–Kier alpha value is -3.26. The van der Waals surface area contributed by atoms with E-state index in [0.717, 1.165) is 12.0 Å². The summed E-state index contributed by atoms with van der Waals surface area (Å²) >= 11 is 0. The summed E-state index contributed by atoms with van der Waals surface area (Å²) < 4.78 is 20.2. The molecule has 7 nitrogen and oxygen atoms in total. The van der Waals surface area contributed by atoms with Gasteiger partial charge in [-0.2, -0.15) is 0 Å². The molecule has 2 aromatic carbocycles. The van der Waals surface area contributed by atoms with Crippen LogP contribution in [0.2, 0.25) is 0 Å². The number of hydrogen-bond acceptors (Lipinski definition) is 5.